The Bertz CT molecular complexity index is 520. The fourth-order valence-electron chi connectivity index (χ4n) is 2.07. The number of hydrogen-bond acceptors (Lipinski definition) is 3. The Morgan fingerprint density at radius 3 is 2.48 bits per heavy atom. The Kier molecular flexibility index (Phi) is 7.51. The monoisotopic (exact) mass is 309 g/mol. The van der Waals surface area contributed by atoms with Crippen molar-refractivity contribution in [2.75, 3.05) is 6.54 Å². The molecule has 1 aromatic carbocycles. The lowest BCUT2D eigenvalue weighted by Crippen LogP contribution is -2.13. The number of nitrogens with one attached hydrogen (secondary N) is 1. The molecule has 4 heteroatoms. The SMILES string of the molecule is CCCCNCc1ccc(-c2ccc(C(C)O)cc2)o1.Cl. The van der Waals surface area contributed by atoms with E-state index in [1.165, 1.54) is 12.8 Å². The van der Waals surface area contributed by atoms with Gasteiger partial charge in [0.1, 0.15) is 11.5 Å². The van der Waals surface area contributed by atoms with E-state index in [1.54, 1.807) is 6.92 Å². The third-order valence-corrected chi connectivity index (χ3v) is 3.35. The van der Waals surface area contributed by atoms with Gasteiger partial charge in [0.05, 0.1) is 12.6 Å². The second-order valence-corrected chi connectivity index (χ2v) is 5.09. The predicted octanol–water partition coefficient (Wildman–Crippen LogP) is 4.31. The smallest absolute Gasteiger partial charge is 0.134 e. The minimum absolute atomic E-state index is 0. The molecule has 2 N–H and O–H groups in total. The molecular weight excluding hydrogens is 286 g/mol. The summed E-state index contributed by atoms with van der Waals surface area (Å²) in [6, 6.07) is 11.8. The third kappa shape index (κ3) is 5.20. The van der Waals surface area contributed by atoms with Crippen molar-refractivity contribution in [3.05, 3.63) is 47.7 Å². The summed E-state index contributed by atoms with van der Waals surface area (Å²) in [5.41, 5.74) is 1.95. The molecule has 1 atom stereocenters. The lowest BCUT2D eigenvalue weighted by Gasteiger charge is -2.05. The van der Waals surface area contributed by atoms with Crippen LogP contribution in [0.3, 0.4) is 0 Å². The van der Waals surface area contributed by atoms with Gasteiger partial charge in [-0.05, 0) is 37.6 Å². The van der Waals surface area contributed by atoms with Crippen LogP contribution < -0.4 is 5.32 Å². The number of benzene rings is 1. The van der Waals surface area contributed by atoms with E-state index in [9.17, 15) is 5.11 Å². The van der Waals surface area contributed by atoms with Crippen LogP contribution in [0.4, 0.5) is 0 Å². The highest BCUT2D eigenvalue weighted by Crippen LogP contribution is 2.24. The minimum Gasteiger partial charge on any atom is -0.460 e. The summed E-state index contributed by atoms with van der Waals surface area (Å²) in [6.07, 6.45) is 1.96. The first-order chi connectivity index (χ1) is 9.70. The summed E-state index contributed by atoms with van der Waals surface area (Å²) >= 11 is 0. The van der Waals surface area contributed by atoms with Crippen LogP contribution in [0.15, 0.2) is 40.8 Å². The minimum atomic E-state index is -0.432. The van der Waals surface area contributed by atoms with Gasteiger partial charge in [0.2, 0.25) is 0 Å². The van der Waals surface area contributed by atoms with Crippen LogP contribution in [0.1, 0.15) is 44.1 Å². The van der Waals surface area contributed by atoms with Gasteiger partial charge in [-0.25, -0.2) is 0 Å². The number of hydrogen-bond donors (Lipinski definition) is 2. The molecular formula is C17H24ClNO2. The predicted molar refractivity (Wildman–Crippen MR) is 88.6 cm³/mol. The van der Waals surface area contributed by atoms with E-state index < -0.39 is 6.10 Å². The summed E-state index contributed by atoms with van der Waals surface area (Å²) in [5, 5.41) is 12.9. The normalized spacial score (nSPS) is 12.0. The van der Waals surface area contributed by atoms with Gasteiger partial charge >= 0.3 is 0 Å². The first-order valence-corrected chi connectivity index (χ1v) is 7.28. The van der Waals surface area contributed by atoms with Gasteiger partial charge in [0, 0.05) is 5.56 Å². The van der Waals surface area contributed by atoms with Crippen molar-refractivity contribution in [3.8, 4) is 11.3 Å². The quantitative estimate of drug-likeness (QED) is 0.749. The van der Waals surface area contributed by atoms with Gasteiger partial charge in [0.25, 0.3) is 0 Å². The molecule has 0 saturated carbocycles. The number of rotatable bonds is 7. The van der Waals surface area contributed by atoms with Crippen LogP contribution in [-0.2, 0) is 6.54 Å². The fraction of sp³-hybridized carbons (Fsp3) is 0.412. The molecule has 2 rings (SSSR count). The van der Waals surface area contributed by atoms with Crippen molar-refractivity contribution >= 4 is 12.4 Å². The largest absolute Gasteiger partial charge is 0.460 e. The Balaban J connectivity index is 0.00000220. The van der Waals surface area contributed by atoms with Crippen LogP contribution >= 0.6 is 12.4 Å². The summed E-state index contributed by atoms with van der Waals surface area (Å²) in [6.45, 7) is 5.74. The summed E-state index contributed by atoms with van der Waals surface area (Å²) in [7, 11) is 0. The lowest BCUT2D eigenvalue weighted by atomic mass is 10.1. The molecule has 0 radical (unpaired) electrons. The molecule has 0 bridgehead atoms. The van der Waals surface area contributed by atoms with E-state index >= 15 is 0 Å². The maximum atomic E-state index is 9.50. The van der Waals surface area contributed by atoms with E-state index in [0.29, 0.717) is 0 Å². The molecule has 0 fully saturated rings. The maximum Gasteiger partial charge on any atom is 0.134 e. The zero-order valence-electron chi connectivity index (χ0n) is 12.6. The topological polar surface area (TPSA) is 45.4 Å². The second-order valence-electron chi connectivity index (χ2n) is 5.09. The van der Waals surface area contributed by atoms with E-state index in [4.69, 9.17) is 4.42 Å². The van der Waals surface area contributed by atoms with E-state index in [1.807, 2.05) is 36.4 Å². The molecule has 1 heterocycles. The number of aliphatic hydroxyl groups excluding tert-OH is 1. The van der Waals surface area contributed by atoms with Crippen molar-refractivity contribution in [1.29, 1.82) is 0 Å². The molecule has 0 amide bonds. The van der Waals surface area contributed by atoms with Crippen molar-refractivity contribution in [2.45, 2.75) is 39.3 Å². The van der Waals surface area contributed by atoms with Crippen molar-refractivity contribution in [1.82, 2.24) is 5.32 Å². The third-order valence-electron chi connectivity index (χ3n) is 3.35. The average molecular weight is 310 g/mol. The van der Waals surface area contributed by atoms with E-state index in [0.717, 1.165) is 35.7 Å². The highest BCUT2D eigenvalue weighted by atomic mass is 35.5. The first-order valence-electron chi connectivity index (χ1n) is 7.28. The van der Waals surface area contributed by atoms with Crippen molar-refractivity contribution in [2.24, 2.45) is 0 Å². The van der Waals surface area contributed by atoms with E-state index in [2.05, 4.69) is 12.2 Å². The number of unbranched alkanes of at least 4 members (excludes halogenated alkanes) is 1. The number of aliphatic hydroxyl groups is 1. The molecule has 0 saturated heterocycles. The molecule has 1 unspecified atom stereocenters. The van der Waals surface area contributed by atoms with Gasteiger partial charge in [-0.15, -0.1) is 12.4 Å². The number of halogens is 1. The van der Waals surface area contributed by atoms with Crippen LogP contribution in [0.25, 0.3) is 11.3 Å². The van der Waals surface area contributed by atoms with E-state index in [-0.39, 0.29) is 12.4 Å². The first kappa shape index (κ1) is 17.8. The zero-order valence-corrected chi connectivity index (χ0v) is 13.5. The summed E-state index contributed by atoms with van der Waals surface area (Å²) < 4.78 is 5.83. The Morgan fingerprint density at radius 1 is 1.14 bits per heavy atom. The van der Waals surface area contributed by atoms with Crippen LogP contribution in [0, 0.1) is 0 Å². The molecule has 0 aliphatic carbocycles. The van der Waals surface area contributed by atoms with Crippen molar-refractivity contribution < 1.29 is 9.52 Å². The molecule has 0 aliphatic heterocycles. The standard InChI is InChI=1S/C17H23NO2.ClH/c1-3-4-11-18-12-16-9-10-17(20-16)15-7-5-14(6-8-15)13(2)19;/h5-10,13,18-19H,3-4,11-12H2,1-2H3;1H. The van der Waals surface area contributed by atoms with Crippen molar-refractivity contribution in [3.63, 3.8) is 0 Å². The van der Waals surface area contributed by atoms with Gasteiger partial charge in [-0.2, -0.15) is 0 Å². The molecule has 116 valence electrons. The molecule has 0 aliphatic rings. The van der Waals surface area contributed by atoms with Crippen LogP contribution in [-0.4, -0.2) is 11.7 Å². The lowest BCUT2D eigenvalue weighted by molar-refractivity contribution is 0.199. The highest BCUT2D eigenvalue weighted by molar-refractivity contribution is 5.85. The molecule has 0 spiro atoms. The zero-order chi connectivity index (χ0) is 14.4. The van der Waals surface area contributed by atoms with Gasteiger partial charge < -0.3 is 14.8 Å². The molecule has 2 aromatic rings. The molecule has 1 aromatic heterocycles. The average Bonchev–Trinajstić information content (AvgIpc) is 2.92. The van der Waals surface area contributed by atoms with Crippen LogP contribution in [0.2, 0.25) is 0 Å². The Hall–Kier alpha value is -1.29. The van der Waals surface area contributed by atoms with Gasteiger partial charge in [-0.3, -0.25) is 0 Å². The second kappa shape index (κ2) is 8.88. The van der Waals surface area contributed by atoms with Gasteiger partial charge in [-0.1, -0.05) is 37.6 Å². The number of furan rings is 1. The highest BCUT2D eigenvalue weighted by Gasteiger charge is 2.06. The summed E-state index contributed by atoms with van der Waals surface area (Å²) in [5.74, 6) is 1.82. The van der Waals surface area contributed by atoms with Gasteiger partial charge in [0.15, 0.2) is 0 Å². The Labute approximate surface area is 132 Å². The van der Waals surface area contributed by atoms with Crippen LogP contribution in [0.5, 0.6) is 0 Å². The Morgan fingerprint density at radius 2 is 1.86 bits per heavy atom. The maximum absolute atomic E-state index is 9.50. The fourth-order valence-corrected chi connectivity index (χ4v) is 2.07. The molecule has 3 nitrogen and oxygen atoms in total. The molecule has 21 heavy (non-hydrogen) atoms. The summed E-state index contributed by atoms with van der Waals surface area (Å²) in [4.78, 5) is 0.